The summed E-state index contributed by atoms with van der Waals surface area (Å²) in [6.45, 7) is 15.7. The lowest BCUT2D eigenvalue weighted by Gasteiger charge is -2.17. The van der Waals surface area contributed by atoms with Gasteiger partial charge in [-0.1, -0.05) is 183 Å². The first-order chi connectivity index (χ1) is 45.2. The van der Waals surface area contributed by atoms with Crippen LogP contribution in [0.2, 0.25) is 0 Å². The molecule has 4 aromatic heterocycles. The van der Waals surface area contributed by atoms with Crippen LogP contribution in [0.15, 0.2) is 170 Å². The highest BCUT2D eigenvalue weighted by atomic mass is 79.9. The number of ether oxygens (including phenoxy) is 2. The molecule has 6 aromatic carbocycles. The van der Waals surface area contributed by atoms with Gasteiger partial charge in [0.1, 0.15) is 46.0 Å². The van der Waals surface area contributed by atoms with E-state index in [1.807, 2.05) is 102 Å². The summed E-state index contributed by atoms with van der Waals surface area (Å²) in [6.07, 6.45) is 18.4. The molecule has 3 unspecified atom stereocenters. The van der Waals surface area contributed by atoms with Crippen molar-refractivity contribution in [2.75, 3.05) is 18.5 Å². The fraction of sp³-hybridized carbons (Fsp3) is 0.351. The van der Waals surface area contributed by atoms with Crippen LogP contribution in [0.4, 0.5) is 0 Å². The van der Waals surface area contributed by atoms with Gasteiger partial charge in [0.2, 0.25) is 0 Å². The van der Waals surface area contributed by atoms with Crippen molar-refractivity contribution in [2.24, 2.45) is 17.8 Å². The van der Waals surface area contributed by atoms with E-state index in [0.717, 1.165) is 61.3 Å². The predicted octanol–water partition coefficient (Wildman–Crippen LogP) is 19.1. The molecule has 4 heterocycles. The lowest BCUT2D eigenvalue weighted by Crippen LogP contribution is -2.11. The number of aromatic hydroxyl groups is 6. The van der Waals surface area contributed by atoms with E-state index in [9.17, 15) is 30.6 Å². The van der Waals surface area contributed by atoms with Gasteiger partial charge in [-0.3, -0.25) is 0 Å². The number of nitrogens with zero attached hydrogens (tertiary/aromatic N) is 8. The molecule has 0 saturated carbocycles. The Labute approximate surface area is 563 Å². The molecule has 6 N–H and O–H groups in total. The van der Waals surface area contributed by atoms with Gasteiger partial charge in [-0.25, -0.2) is 29.9 Å². The molecule has 16 nitrogen and oxygen atoms in total. The normalized spacial score (nSPS) is 11.9. The van der Waals surface area contributed by atoms with Crippen LogP contribution in [0.1, 0.15) is 137 Å². The topological polar surface area (TPSA) is 227 Å². The number of phenols is 6. The number of aromatic nitrogens is 8. The Hall–Kier alpha value is -9.22. The molecule has 0 bridgehead atoms. The summed E-state index contributed by atoms with van der Waals surface area (Å²) in [6, 6.07) is 46.6. The molecule has 17 heteroatoms. The number of hydrogen-bond donors (Lipinski definition) is 6. The molecule has 0 radical (unpaired) electrons. The summed E-state index contributed by atoms with van der Waals surface area (Å²) in [5.41, 5.74) is 5.21. The molecule has 0 amide bonds. The van der Waals surface area contributed by atoms with Crippen LogP contribution in [-0.4, -0.2) is 88.2 Å². The lowest BCUT2D eigenvalue weighted by molar-refractivity contribution is 0.232. The van der Waals surface area contributed by atoms with E-state index >= 15 is 0 Å². The highest BCUT2D eigenvalue weighted by Crippen LogP contribution is 2.38. The molecule has 496 valence electrons. The van der Waals surface area contributed by atoms with Gasteiger partial charge in [0, 0.05) is 55.1 Å². The van der Waals surface area contributed by atoms with Crippen molar-refractivity contribution in [3.05, 3.63) is 181 Å². The van der Waals surface area contributed by atoms with Crippen LogP contribution < -0.4 is 9.47 Å². The van der Waals surface area contributed by atoms with Crippen LogP contribution in [0.25, 0.3) is 68.6 Å². The van der Waals surface area contributed by atoms with Crippen LogP contribution in [0, 0.1) is 17.8 Å². The summed E-state index contributed by atoms with van der Waals surface area (Å²) in [7, 11) is 0. The molecule has 0 aliphatic carbocycles. The average Bonchev–Trinajstić information content (AvgIpc) is 1.18. The predicted molar refractivity (Wildman–Crippen MR) is 381 cm³/mol. The Morgan fingerprint density at radius 1 is 0.383 bits per heavy atom. The van der Waals surface area contributed by atoms with E-state index in [1.165, 1.54) is 80.3 Å². The van der Waals surface area contributed by atoms with Crippen molar-refractivity contribution in [3.63, 3.8) is 0 Å². The van der Waals surface area contributed by atoms with Gasteiger partial charge in [-0.05, 0) is 121 Å². The van der Waals surface area contributed by atoms with Crippen LogP contribution in [0.3, 0.4) is 0 Å². The molecule has 0 aliphatic rings. The zero-order valence-corrected chi connectivity index (χ0v) is 56.0. The number of rotatable bonds is 29. The second-order valence-electron chi connectivity index (χ2n) is 23.4. The number of phenolic OH excluding ortho intramolecular Hbond substituents is 6. The fourth-order valence-electron chi connectivity index (χ4n) is 10.6. The molecule has 0 spiro atoms. The summed E-state index contributed by atoms with van der Waals surface area (Å²) in [5, 5.41) is 63.9. The maximum absolute atomic E-state index is 11.3. The summed E-state index contributed by atoms with van der Waals surface area (Å²) in [5.74, 6) is 4.15. The number of hydrogen-bond acceptors (Lipinski definition) is 14. The molecule has 10 rings (SSSR count). The second-order valence-corrected chi connectivity index (χ2v) is 24.1. The quantitative estimate of drug-likeness (QED) is 0.0240. The molecule has 3 atom stereocenters. The summed E-state index contributed by atoms with van der Waals surface area (Å²) >= 11 is 3.51. The largest absolute Gasteiger partial charge is 0.508 e. The zero-order chi connectivity index (χ0) is 66.1. The van der Waals surface area contributed by atoms with Gasteiger partial charge in [0.05, 0.1) is 46.9 Å². The third kappa shape index (κ3) is 20.4. The van der Waals surface area contributed by atoms with Crippen LogP contribution in [0.5, 0.6) is 46.0 Å². The maximum atomic E-state index is 11.3. The van der Waals surface area contributed by atoms with Crippen molar-refractivity contribution in [2.45, 2.75) is 139 Å². The van der Waals surface area contributed by atoms with Crippen molar-refractivity contribution in [1.82, 2.24) is 39.0 Å². The van der Waals surface area contributed by atoms with Gasteiger partial charge in [0.25, 0.3) is 0 Å². The smallest absolute Gasteiger partial charge is 0.180 e. The SMILES string of the molecule is C.CCCCC(CC)CBr.CCCCC(CC)COc1ccc(-c2nc(-c3ccc(OCC(CC)CCCC)cc3O)nc(-c3cccn3Cc3ccccc3)n2)c(O)c1.Oc1ccc(-c2nc(-c3ccc(O)cc3O)nc(-c3cccn3Cc3ccccc3)n2)c(O)c1. The average molecular weight is 1340 g/mol. The third-order valence-corrected chi connectivity index (χ3v) is 17.4. The van der Waals surface area contributed by atoms with E-state index in [0.29, 0.717) is 89.2 Å². The molecular weight excluding hydrogens is 1240 g/mol. The fourth-order valence-corrected chi connectivity index (χ4v) is 11.4. The van der Waals surface area contributed by atoms with Crippen molar-refractivity contribution in [3.8, 4) is 115 Å². The Morgan fingerprint density at radius 2 is 0.713 bits per heavy atom. The minimum atomic E-state index is -0.197. The molecule has 0 aliphatic heterocycles. The second kappa shape index (κ2) is 36.9. The van der Waals surface area contributed by atoms with Crippen molar-refractivity contribution >= 4 is 15.9 Å². The number of alkyl halides is 1. The van der Waals surface area contributed by atoms with Gasteiger partial charge in [0.15, 0.2) is 34.9 Å². The molecule has 0 saturated heterocycles. The van der Waals surface area contributed by atoms with Crippen LogP contribution in [-0.2, 0) is 13.1 Å². The highest BCUT2D eigenvalue weighted by Gasteiger charge is 2.22. The first-order valence-corrected chi connectivity index (χ1v) is 33.8. The van der Waals surface area contributed by atoms with Gasteiger partial charge in [-0.15, -0.1) is 0 Å². The van der Waals surface area contributed by atoms with Gasteiger partial charge >= 0.3 is 0 Å². The molecule has 0 fully saturated rings. The van der Waals surface area contributed by atoms with E-state index in [4.69, 9.17) is 24.4 Å². The van der Waals surface area contributed by atoms with E-state index in [1.54, 1.807) is 24.3 Å². The van der Waals surface area contributed by atoms with E-state index in [-0.39, 0.29) is 65.2 Å². The summed E-state index contributed by atoms with van der Waals surface area (Å²) in [4.78, 5) is 28.2. The van der Waals surface area contributed by atoms with Crippen molar-refractivity contribution in [1.29, 1.82) is 0 Å². The molecule has 10 aromatic rings. The van der Waals surface area contributed by atoms with Gasteiger partial charge in [-0.2, -0.15) is 0 Å². The molecular formula is C77H93BrN8O8. The highest BCUT2D eigenvalue weighted by molar-refractivity contribution is 9.09. The van der Waals surface area contributed by atoms with Gasteiger partial charge < -0.3 is 49.2 Å². The summed E-state index contributed by atoms with van der Waals surface area (Å²) < 4.78 is 16.3. The number of halogens is 1. The standard InChI is InChI=1S/C42H52N4O4.C26H20N4O4.C8H17Br.CH4/c1-5-9-15-30(7-3)28-49-33-20-22-35(38(47)25-33)40-43-41(36-23-21-34(26-39(36)48)50-29-31(8-4)16-10-6-2)45-42(44-40)37-19-14-24-46(37)27-32-17-12-11-13-18-32;31-17-8-10-19(22(33)13-17)24-27-25(20-11-9-18(32)14-23(20)34)29-26(28-24)21-7-4-12-30(21)15-16-5-2-1-3-6-16;1-3-5-6-8(4-2)7-9;/h11-14,17-26,30-31,47-48H,5-10,15-16,27-29H2,1-4H3;1-14,31-34H,15H2;8H,3-7H2,1-2H3;1H4. The first-order valence-electron chi connectivity index (χ1n) is 32.7. The lowest BCUT2D eigenvalue weighted by atomic mass is 10.0. The monoisotopic (exact) mass is 1340 g/mol. The number of benzene rings is 6. The van der Waals surface area contributed by atoms with Crippen LogP contribution >= 0.6 is 15.9 Å². The molecule has 94 heavy (non-hydrogen) atoms. The zero-order valence-electron chi connectivity index (χ0n) is 54.4. The Bertz CT molecular complexity index is 3760. The van der Waals surface area contributed by atoms with E-state index in [2.05, 4.69) is 89.1 Å². The first kappa shape index (κ1) is 72.2. The minimum Gasteiger partial charge on any atom is -0.508 e. The third-order valence-electron chi connectivity index (χ3n) is 16.5. The van der Waals surface area contributed by atoms with Crippen molar-refractivity contribution < 1.29 is 40.1 Å². The Kier molecular flexibility index (Phi) is 28.3. The Morgan fingerprint density at radius 3 is 1.03 bits per heavy atom. The minimum absolute atomic E-state index is 0. The number of unbranched alkanes of at least 4 members (excludes halogenated alkanes) is 3. The maximum Gasteiger partial charge on any atom is 0.180 e. The van der Waals surface area contributed by atoms with E-state index < -0.39 is 0 Å². The Balaban J connectivity index is 0.000000244.